The first-order chi connectivity index (χ1) is 13.7. The molecule has 1 saturated heterocycles. The number of ketones is 1. The predicted molar refractivity (Wildman–Crippen MR) is 112 cm³/mol. The van der Waals surface area contributed by atoms with Crippen LogP contribution in [0.3, 0.4) is 0 Å². The van der Waals surface area contributed by atoms with Gasteiger partial charge in [-0.15, -0.1) is 0 Å². The van der Waals surface area contributed by atoms with Crippen LogP contribution >= 0.6 is 11.8 Å². The van der Waals surface area contributed by atoms with Gasteiger partial charge in [-0.1, -0.05) is 60.3 Å². The molecule has 28 heavy (non-hydrogen) atoms. The van der Waals surface area contributed by atoms with E-state index < -0.39 is 0 Å². The molecular formula is C22H23N3O2S. The van der Waals surface area contributed by atoms with E-state index in [2.05, 4.69) is 4.90 Å². The molecule has 4 rings (SSSR count). The minimum Gasteiger partial charge on any atom is -0.379 e. The van der Waals surface area contributed by atoms with Gasteiger partial charge in [-0.25, -0.2) is 9.97 Å². The minimum absolute atomic E-state index is 0.114. The SMILES string of the molecule is C[C@@H](Sc1nc(CN2CCOCC2)nc2ccccc12)C(=O)c1ccccc1. The first kappa shape index (κ1) is 19.1. The molecule has 1 aliphatic rings. The third kappa shape index (κ3) is 4.41. The van der Waals surface area contributed by atoms with Crippen molar-refractivity contribution in [3.63, 3.8) is 0 Å². The van der Waals surface area contributed by atoms with Crippen molar-refractivity contribution in [2.24, 2.45) is 0 Å². The molecule has 0 N–H and O–H groups in total. The summed E-state index contributed by atoms with van der Waals surface area (Å²) in [5, 5.41) is 1.63. The number of para-hydroxylation sites is 1. The van der Waals surface area contributed by atoms with Gasteiger partial charge in [-0.05, 0) is 13.0 Å². The molecule has 2 heterocycles. The molecule has 2 aromatic carbocycles. The molecule has 3 aromatic rings. The van der Waals surface area contributed by atoms with Crippen molar-refractivity contribution in [2.45, 2.75) is 23.7 Å². The van der Waals surface area contributed by atoms with Crippen LogP contribution in [0.2, 0.25) is 0 Å². The molecule has 1 fully saturated rings. The van der Waals surface area contributed by atoms with E-state index in [-0.39, 0.29) is 11.0 Å². The number of morpholine rings is 1. The molecule has 1 aromatic heterocycles. The lowest BCUT2D eigenvalue weighted by Gasteiger charge is -2.26. The van der Waals surface area contributed by atoms with Crippen molar-refractivity contribution in [3.8, 4) is 0 Å². The van der Waals surface area contributed by atoms with E-state index in [1.54, 1.807) is 0 Å². The van der Waals surface area contributed by atoms with Gasteiger partial charge in [0.25, 0.3) is 0 Å². The molecule has 144 valence electrons. The van der Waals surface area contributed by atoms with Gasteiger partial charge >= 0.3 is 0 Å². The Labute approximate surface area is 169 Å². The van der Waals surface area contributed by atoms with Gasteiger partial charge in [-0.3, -0.25) is 9.69 Å². The number of thioether (sulfide) groups is 1. The number of carbonyl (C=O) groups is 1. The van der Waals surface area contributed by atoms with E-state index in [9.17, 15) is 4.79 Å². The number of benzene rings is 2. The smallest absolute Gasteiger partial charge is 0.175 e. The van der Waals surface area contributed by atoms with Crippen molar-refractivity contribution in [3.05, 3.63) is 66.0 Å². The molecule has 0 aliphatic carbocycles. The van der Waals surface area contributed by atoms with Crippen LogP contribution in [0.25, 0.3) is 10.9 Å². The van der Waals surface area contributed by atoms with Crippen molar-refractivity contribution >= 4 is 28.4 Å². The van der Waals surface area contributed by atoms with Crippen LogP contribution in [0.15, 0.2) is 59.6 Å². The highest BCUT2D eigenvalue weighted by Crippen LogP contribution is 2.30. The lowest BCUT2D eigenvalue weighted by atomic mass is 10.1. The molecule has 5 nitrogen and oxygen atoms in total. The lowest BCUT2D eigenvalue weighted by Crippen LogP contribution is -2.36. The van der Waals surface area contributed by atoms with E-state index in [4.69, 9.17) is 14.7 Å². The fourth-order valence-corrected chi connectivity index (χ4v) is 4.31. The largest absolute Gasteiger partial charge is 0.379 e. The minimum atomic E-state index is -0.225. The maximum absolute atomic E-state index is 12.8. The number of hydrogen-bond donors (Lipinski definition) is 0. The molecule has 0 spiro atoms. The molecule has 0 bridgehead atoms. The predicted octanol–water partition coefficient (Wildman–Crippen LogP) is 3.83. The number of aromatic nitrogens is 2. The van der Waals surface area contributed by atoms with Crippen molar-refractivity contribution in [1.82, 2.24) is 14.9 Å². The van der Waals surface area contributed by atoms with Gasteiger partial charge < -0.3 is 4.74 Å². The third-order valence-electron chi connectivity index (χ3n) is 4.80. The summed E-state index contributed by atoms with van der Waals surface area (Å²) in [6.45, 7) is 5.92. The van der Waals surface area contributed by atoms with Crippen LogP contribution < -0.4 is 0 Å². The van der Waals surface area contributed by atoms with Gasteiger partial charge in [0.15, 0.2) is 5.78 Å². The zero-order valence-electron chi connectivity index (χ0n) is 15.9. The van der Waals surface area contributed by atoms with Crippen LogP contribution in [0, 0.1) is 0 Å². The number of nitrogens with zero attached hydrogens (tertiary/aromatic N) is 3. The summed E-state index contributed by atoms with van der Waals surface area (Å²) >= 11 is 1.51. The molecule has 0 radical (unpaired) electrons. The number of fused-ring (bicyclic) bond motifs is 1. The summed E-state index contributed by atoms with van der Waals surface area (Å²) in [6, 6.07) is 17.4. The Hall–Kier alpha value is -2.28. The number of hydrogen-bond acceptors (Lipinski definition) is 6. The number of carbonyl (C=O) groups excluding carboxylic acids is 1. The van der Waals surface area contributed by atoms with E-state index in [1.165, 1.54) is 11.8 Å². The zero-order chi connectivity index (χ0) is 19.3. The second-order valence-electron chi connectivity index (χ2n) is 6.84. The molecule has 0 saturated carbocycles. The number of rotatable bonds is 6. The van der Waals surface area contributed by atoms with Gasteiger partial charge in [0.2, 0.25) is 0 Å². The molecule has 1 atom stereocenters. The van der Waals surface area contributed by atoms with Gasteiger partial charge in [0, 0.05) is 24.0 Å². The third-order valence-corrected chi connectivity index (χ3v) is 5.90. The molecule has 6 heteroatoms. The van der Waals surface area contributed by atoms with Crippen LogP contribution in [0.5, 0.6) is 0 Å². The Morgan fingerprint density at radius 1 is 1.07 bits per heavy atom. The summed E-state index contributed by atoms with van der Waals surface area (Å²) in [4.78, 5) is 24.7. The van der Waals surface area contributed by atoms with Gasteiger partial charge in [0.05, 0.1) is 30.5 Å². The fraction of sp³-hybridized carbons (Fsp3) is 0.318. The average molecular weight is 394 g/mol. The second-order valence-corrected chi connectivity index (χ2v) is 8.17. The number of ether oxygens (including phenoxy) is 1. The Balaban J connectivity index is 1.60. The van der Waals surface area contributed by atoms with Crippen molar-refractivity contribution < 1.29 is 9.53 Å². The normalized spacial score (nSPS) is 16.2. The van der Waals surface area contributed by atoms with Crippen LogP contribution in [0.4, 0.5) is 0 Å². The average Bonchev–Trinajstić information content (AvgIpc) is 2.74. The van der Waals surface area contributed by atoms with E-state index in [0.29, 0.717) is 6.54 Å². The van der Waals surface area contributed by atoms with Gasteiger partial charge in [0.1, 0.15) is 10.9 Å². The van der Waals surface area contributed by atoms with Crippen LogP contribution in [-0.4, -0.2) is 52.2 Å². The van der Waals surface area contributed by atoms with E-state index >= 15 is 0 Å². The Kier molecular flexibility index (Phi) is 6.00. The molecular weight excluding hydrogens is 370 g/mol. The van der Waals surface area contributed by atoms with Crippen LogP contribution in [0.1, 0.15) is 23.1 Å². The summed E-state index contributed by atoms with van der Waals surface area (Å²) in [7, 11) is 0. The Bertz CT molecular complexity index is 958. The fourth-order valence-electron chi connectivity index (χ4n) is 3.27. The molecule has 0 amide bonds. The van der Waals surface area contributed by atoms with Crippen LogP contribution in [-0.2, 0) is 11.3 Å². The summed E-state index contributed by atoms with van der Waals surface area (Å²) in [6.07, 6.45) is 0. The quantitative estimate of drug-likeness (QED) is 0.360. The van der Waals surface area contributed by atoms with E-state index in [1.807, 2.05) is 61.5 Å². The van der Waals surface area contributed by atoms with Gasteiger partial charge in [-0.2, -0.15) is 0 Å². The maximum Gasteiger partial charge on any atom is 0.175 e. The summed E-state index contributed by atoms with van der Waals surface area (Å²) in [5.74, 6) is 0.908. The highest BCUT2D eigenvalue weighted by atomic mass is 32.2. The maximum atomic E-state index is 12.8. The monoisotopic (exact) mass is 393 g/mol. The van der Waals surface area contributed by atoms with Crippen molar-refractivity contribution in [2.75, 3.05) is 26.3 Å². The topological polar surface area (TPSA) is 55.3 Å². The van der Waals surface area contributed by atoms with Crippen molar-refractivity contribution in [1.29, 1.82) is 0 Å². The highest BCUT2D eigenvalue weighted by molar-refractivity contribution is 8.00. The molecule has 0 unspecified atom stereocenters. The summed E-state index contributed by atoms with van der Waals surface area (Å²) < 4.78 is 5.43. The first-order valence-corrected chi connectivity index (χ1v) is 10.4. The second kappa shape index (κ2) is 8.82. The Morgan fingerprint density at radius 2 is 1.79 bits per heavy atom. The first-order valence-electron chi connectivity index (χ1n) is 9.52. The standard InChI is InChI=1S/C22H23N3O2S/c1-16(21(26)17-7-3-2-4-8-17)28-22-18-9-5-6-10-19(18)23-20(24-22)15-25-11-13-27-14-12-25/h2-10,16H,11-15H2,1H3/t16-/m1/s1. The Morgan fingerprint density at radius 3 is 2.57 bits per heavy atom. The lowest BCUT2D eigenvalue weighted by molar-refractivity contribution is 0.0330. The summed E-state index contributed by atoms with van der Waals surface area (Å²) in [5.41, 5.74) is 1.65. The van der Waals surface area contributed by atoms with E-state index in [0.717, 1.165) is 53.6 Å². The number of Topliss-reactive ketones (excluding diaryl/α,β-unsaturated/α-hetero) is 1. The molecule has 1 aliphatic heterocycles. The zero-order valence-corrected chi connectivity index (χ0v) is 16.7. The highest BCUT2D eigenvalue weighted by Gasteiger charge is 2.20.